The maximum atomic E-state index is 15.3. The molecule has 24 heteroatoms. The van der Waals surface area contributed by atoms with Gasteiger partial charge in [-0.3, -0.25) is 38.7 Å². The van der Waals surface area contributed by atoms with E-state index in [0.29, 0.717) is 80.0 Å². The molecule has 0 saturated carbocycles. The molecule has 0 radical (unpaired) electrons. The number of imide groups is 1. The Labute approximate surface area is 399 Å². The molecule has 3 aromatic carbocycles. The molecule has 0 bridgehead atoms. The van der Waals surface area contributed by atoms with Crippen LogP contribution in [-0.2, 0) is 31.0 Å². The van der Waals surface area contributed by atoms with Crippen LogP contribution in [0.4, 0.5) is 30.5 Å². The van der Waals surface area contributed by atoms with E-state index in [1.54, 1.807) is 23.1 Å². The van der Waals surface area contributed by atoms with Gasteiger partial charge in [-0.15, -0.1) is 0 Å². The summed E-state index contributed by atoms with van der Waals surface area (Å²) in [5.41, 5.74) is -0.0818. The minimum Gasteiger partial charge on any atom is -0.453 e. The number of ether oxygens (including phenoxy) is 1. The maximum absolute atomic E-state index is 15.3. The van der Waals surface area contributed by atoms with Gasteiger partial charge in [-0.25, -0.2) is 28.1 Å². The van der Waals surface area contributed by atoms with Gasteiger partial charge in [-0.2, -0.15) is 23.2 Å². The molecular weight excluding hydrogens is 936 g/mol. The number of benzene rings is 3. The minimum absolute atomic E-state index is 0.0150. The lowest BCUT2D eigenvalue weighted by Gasteiger charge is -2.37. The van der Waals surface area contributed by atoms with Crippen LogP contribution < -0.4 is 30.6 Å². The van der Waals surface area contributed by atoms with Gasteiger partial charge in [0.05, 0.1) is 53.7 Å². The number of nitrogens with zero attached hydrogens (tertiary/aromatic N) is 10. The van der Waals surface area contributed by atoms with Crippen LogP contribution in [0.1, 0.15) is 48.6 Å². The highest BCUT2D eigenvalue weighted by molar-refractivity contribution is 7.90. The first kappa shape index (κ1) is 48.8. The van der Waals surface area contributed by atoms with E-state index in [-0.39, 0.29) is 76.8 Å². The molecule has 1 atom stereocenters. The van der Waals surface area contributed by atoms with E-state index < -0.39 is 58.1 Å². The smallest absolute Gasteiger partial charge is 0.301 e. The average Bonchev–Trinajstić information content (AvgIpc) is 3.34. The Morgan fingerprint density at radius 2 is 1.70 bits per heavy atom. The Morgan fingerprint density at radius 3 is 2.37 bits per heavy atom. The molecule has 3 amide bonds. The number of carbonyl (C=O) groups excluding carboxylic acids is 3. The Morgan fingerprint density at radius 1 is 0.957 bits per heavy atom. The quantitative estimate of drug-likeness (QED) is 0.127. The number of halogens is 3. The van der Waals surface area contributed by atoms with Crippen molar-refractivity contribution in [3.05, 3.63) is 99.9 Å². The number of piperazine rings is 1. The summed E-state index contributed by atoms with van der Waals surface area (Å²) in [5, 5.41) is 24.8. The highest BCUT2D eigenvalue weighted by Gasteiger charge is 2.30. The van der Waals surface area contributed by atoms with Gasteiger partial charge in [0.25, 0.3) is 5.56 Å². The highest BCUT2D eigenvalue weighted by Crippen LogP contribution is 2.35. The van der Waals surface area contributed by atoms with Crippen molar-refractivity contribution in [1.29, 1.82) is 10.5 Å². The number of hydrogen-bond acceptors (Lipinski definition) is 15. The zero-order valence-corrected chi connectivity index (χ0v) is 38.5. The normalized spacial score (nSPS) is 17.0. The molecule has 2 aromatic heterocycles. The molecule has 3 aliphatic heterocycles. The lowest BCUT2D eigenvalue weighted by molar-refractivity contribution is -0.134. The largest absolute Gasteiger partial charge is 0.453 e. The van der Waals surface area contributed by atoms with Crippen molar-refractivity contribution in [2.24, 2.45) is 0 Å². The Balaban J connectivity index is 0.884. The second-order valence-electron chi connectivity index (χ2n) is 16.9. The number of rotatable bonds is 15. The van der Waals surface area contributed by atoms with Crippen molar-refractivity contribution < 1.29 is 40.7 Å². The molecule has 70 heavy (non-hydrogen) atoms. The lowest BCUT2D eigenvalue weighted by Crippen LogP contribution is -2.52. The number of nitriles is 2. The molecule has 0 unspecified atom stereocenters. The first-order chi connectivity index (χ1) is 33.7. The van der Waals surface area contributed by atoms with E-state index in [2.05, 4.69) is 35.2 Å². The van der Waals surface area contributed by atoms with Crippen LogP contribution >= 0.6 is 0 Å². The highest BCUT2D eigenvalue weighted by atomic mass is 32.2. The number of amides is 3. The monoisotopic (exact) mass is 981 g/mol. The summed E-state index contributed by atoms with van der Waals surface area (Å²) in [4.78, 5) is 70.4. The molecule has 3 saturated heterocycles. The predicted octanol–water partition coefficient (Wildman–Crippen LogP) is 3.49. The van der Waals surface area contributed by atoms with Crippen LogP contribution in [0.3, 0.4) is 0 Å². The van der Waals surface area contributed by atoms with Crippen LogP contribution in [0.2, 0.25) is 0 Å². The number of nitrogens with one attached hydrogen (secondary N) is 3. The summed E-state index contributed by atoms with van der Waals surface area (Å²) in [7, 11) is -3.20. The number of aromatic nitrogens is 4. The first-order valence-corrected chi connectivity index (χ1v) is 23.7. The summed E-state index contributed by atoms with van der Waals surface area (Å²) >= 11 is 0. The van der Waals surface area contributed by atoms with Crippen molar-refractivity contribution in [2.45, 2.75) is 44.1 Å². The second kappa shape index (κ2) is 20.9. The zero-order chi connectivity index (χ0) is 49.7. The fourth-order valence-electron chi connectivity index (χ4n) is 8.58. The molecule has 3 fully saturated rings. The van der Waals surface area contributed by atoms with E-state index in [1.807, 2.05) is 11.0 Å². The molecule has 5 heterocycles. The van der Waals surface area contributed by atoms with Crippen LogP contribution in [0, 0.1) is 34.3 Å². The third-order valence-electron chi connectivity index (χ3n) is 12.4. The van der Waals surface area contributed by atoms with Crippen LogP contribution in [0.15, 0.2) is 65.7 Å². The van der Waals surface area contributed by atoms with E-state index in [4.69, 9.17) is 4.74 Å². The number of carbonyl (C=O) groups is 3. The summed E-state index contributed by atoms with van der Waals surface area (Å²) in [6.07, 6.45) is 4.43. The first-order valence-electron chi connectivity index (χ1n) is 22.3. The van der Waals surface area contributed by atoms with Gasteiger partial charge < -0.3 is 19.9 Å². The fraction of sp³-hybridized carbons (Fsp3) is 0.370. The van der Waals surface area contributed by atoms with E-state index in [0.717, 1.165) is 19.2 Å². The van der Waals surface area contributed by atoms with Crippen LogP contribution in [-0.4, -0.2) is 132 Å². The summed E-state index contributed by atoms with van der Waals surface area (Å²) < 4.78 is 78.5. The number of hydrogen-bond donors (Lipinski definition) is 3. The van der Waals surface area contributed by atoms with Gasteiger partial charge in [-0.1, -0.05) is 6.07 Å². The number of likely N-dealkylation sites (tertiary alicyclic amines) is 1. The standard InChI is InChI=1S/C46H46F3N13O7S/c1-58(17-13-47)70(67,68)57-38-7-5-35(48)43(34(38)24-51)69-31-3-6-37-33(23-31)45(66)62(40(55-37)10-14-50)30-25-52-46(53-26-30)61-20-18-60(19-21-61)42(64)27-59-15-11-28(12-16-59)32-4-2-29(22-36(32)49)54-39-8-9-41(63)56-44(39)65/h2-7,22-23,25-26,28,39,54,57H,8-13,15-21,27H2,1H3,(H,56,63,65)/t39-/m1/s1. The van der Waals surface area contributed by atoms with Gasteiger partial charge in [0.15, 0.2) is 11.6 Å². The number of anilines is 3. The van der Waals surface area contributed by atoms with Gasteiger partial charge in [0, 0.05) is 51.9 Å². The molecule has 0 spiro atoms. The van der Waals surface area contributed by atoms with Crippen molar-refractivity contribution in [3.8, 4) is 29.3 Å². The SMILES string of the molecule is CN(CCF)S(=O)(=O)Nc1ccc(F)c(Oc2ccc3nc(CC#N)n(-c4cnc(N5CCN(C(=O)CN6CCC(c7ccc(N[C@@H]8CCC(=O)NC8=O)cc7F)CC6)CC5)nc4)c(=O)c3c2)c1C#N. The fourth-order valence-corrected chi connectivity index (χ4v) is 9.49. The third kappa shape index (κ3) is 10.6. The molecule has 8 rings (SSSR count). The van der Waals surface area contributed by atoms with Crippen molar-refractivity contribution in [2.75, 3.05) is 81.0 Å². The summed E-state index contributed by atoms with van der Waals surface area (Å²) in [6.45, 7) is 1.69. The molecular formula is C46H46F3N13O7S. The number of piperidine rings is 2. The minimum atomic E-state index is -4.33. The summed E-state index contributed by atoms with van der Waals surface area (Å²) in [6, 6.07) is 13.9. The Bertz CT molecular complexity index is 3100. The van der Waals surface area contributed by atoms with E-state index in [1.165, 1.54) is 41.2 Å². The van der Waals surface area contributed by atoms with Crippen molar-refractivity contribution in [1.82, 2.24) is 38.9 Å². The van der Waals surface area contributed by atoms with Crippen molar-refractivity contribution >= 4 is 56.2 Å². The molecule has 3 aliphatic rings. The maximum Gasteiger partial charge on any atom is 0.301 e. The molecule has 364 valence electrons. The Hall–Kier alpha value is -7.67. The molecule has 3 N–H and O–H groups in total. The third-order valence-corrected chi connectivity index (χ3v) is 13.9. The van der Waals surface area contributed by atoms with E-state index >= 15 is 8.78 Å². The van der Waals surface area contributed by atoms with Crippen molar-refractivity contribution in [3.63, 3.8) is 0 Å². The summed E-state index contributed by atoms with van der Waals surface area (Å²) in [5.74, 6) is -2.52. The Kier molecular flexibility index (Phi) is 14.6. The average molecular weight is 982 g/mol. The van der Waals surface area contributed by atoms with Crippen LogP contribution in [0.25, 0.3) is 16.6 Å². The van der Waals surface area contributed by atoms with E-state index in [9.17, 15) is 42.5 Å². The van der Waals surface area contributed by atoms with Crippen LogP contribution in [0.5, 0.6) is 11.5 Å². The van der Waals surface area contributed by atoms with Gasteiger partial charge in [0.1, 0.15) is 41.7 Å². The van der Waals surface area contributed by atoms with Gasteiger partial charge in [0.2, 0.25) is 23.7 Å². The second-order valence-corrected chi connectivity index (χ2v) is 18.6. The predicted molar refractivity (Wildman–Crippen MR) is 248 cm³/mol. The molecule has 20 nitrogen and oxygen atoms in total. The van der Waals surface area contributed by atoms with Gasteiger partial charge >= 0.3 is 10.2 Å². The zero-order valence-electron chi connectivity index (χ0n) is 37.7. The lowest BCUT2D eigenvalue weighted by atomic mass is 9.89. The van der Waals surface area contributed by atoms with Gasteiger partial charge in [-0.05, 0) is 86.3 Å². The number of fused-ring (bicyclic) bond motifs is 1. The number of alkyl halides is 1. The molecule has 5 aromatic rings. The molecule has 0 aliphatic carbocycles. The topological polar surface area (TPSA) is 252 Å².